The molecule has 0 atom stereocenters. The first-order chi connectivity index (χ1) is 11.2. The summed E-state index contributed by atoms with van der Waals surface area (Å²) >= 11 is 0. The molecule has 0 unspecified atom stereocenters. The lowest BCUT2D eigenvalue weighted by atomic mass is 10.1. The molecule has 0 saturated heterocycles. The van der Waals surface area contributed by atoms with E-state index in [0.717, 1.165) is 24.4 Å². The van der Waals surface area contributed by atoms with Gasteiger partial charge in [0.1, 0.15) is 5.82 Å². The Morgan fingerprint density at radius 1 is 1.17 bits per heavy atom. The lowest BCUT2D eigenvalue weighted by molar-refractivity contribution is -0.140. The van der Waals surface area contributed by atoms with Gasteiger partial charge in [-0.15, -0.1) is 0 Å². The van der Waals surface area contributed by atoms with Crippen LogP contribution in [0.5, 0.6) is 5.88 Å². The van der Waals surface area contributed by atoms with E-state index in [9.17, 15) is 31.1 Å². The molecule has 0 bridgehead atoms. The summed E-state index contributed by atoms with van der Waals surface area (Å²) in [4.78, 5) is 15.4. The Balaban J connectivity index is 2.15. The number of hydrogen-bond donors (Lipinski definition) is 1. The molecule has 0 aliphatic carbocycles. The third kappa shape index (κ3) is 4.37. The molecule has 1 aromatic heterocycles. The van der Waals surface area contributed by atoms with E-state index in [1.165, 1.54) is 0 Å². The van der Waals surface area contributed by atoms with Gasteiger partial charge in [0.15, 0.2) is 0 Å². The summed E-state index contributed by atoms with van der Waals surface area (Å²) in [6.07, 6.45) is -3.97. The molecule has 0 saturated carbocycles. The van der Waals surface area contributed by atoms with Crippen LogP contribution in [0, 0.1) is 5.82 Å². The molecule has 10 heteroatoms. The number of hydrogen-bond acceptors (Lipinski definition) is 3. The number of aromatic nitrogens is 1. The fourth-order valence-electron chi connectivity index (χ4n) is 1.70. The second-order valence-electron chi connectivity index (χ2n) is 4.41. The molecule has 0 fully saturated rings. The van der Waals surface area contributed by atoms with Crippen LogP contribution in [0.25, 0.3) is 0 Å². The first-order valence-electron chi connectivity index (χ1n) is 6.26. The van der Waals surface area contributed by atoms with Crippen LogP contribution in [0.2, 0.25) is 0 Å². The fourth-order valence-corrected chi connectivity index (χ4v) is 1.70. The van der Waals surface area contributed by atoms with Crippen LogP contribution in [-0.2, 0) is 6.18 Å². The van der Waals surface area contributed by atoms with Crippen LogP contribution in [0.4, 0.5) is 32.0 Å². The first-order valence-corrected chi connectivity index (χ1v) is 6.26. The van der Waals surface area contributed by atoms with Crippen molar-refractivity contribution in [2.24, 2.45) is 0 Å². The molecule has 0 aliphatic rings. The smallest absolute Gasteiger partial charge is 0.417 e. The monoisotopic (exact) mass is 350 g/mol. The number of alkyl halides is 5. The molecule has 1 N–H and O–H groups in total. The maximum Gasteiger partial charge on any atom is 0.419 e. The predicted octanol–water partition coefficient (Wildman–Crippen LogP) is 4.09. The van der Waals surface area contributed by atoms with E-state index in [4.69, 9.17) is 0 Å². The Morgan fingerprint density at radius 2 is 1.88 bits per heavy atom. The summed E-state index contributed by atoms with van der Waals surface area (Å²) in [5, 5.41) is 2.20. The van der Waals surface area contributed by atoms with Gasteiger partial charge >= 0.3 is 12.8 Å². The predicted molar refractivity (Wildman–Crippen MR) is 70.2 cm³/mol. The van der Waals surface area contributed by atoms with Crippen LogP contribution < -0.4 is 10.1 Å². The summed E-state index contributed by atoms with van der Waals surface area (Å²) in [6.45, 7) is -3.07. The van der Waals surface area contributed by atoms with Crippen molar-refractivity contribution in [2.45, 2.75) is 12.8 Å². The van der Waals surface area contributed by atoms with Gasteiger partial charge in [0.25, 0.3) is 5.91 Å². The summed E-state index contributed by atoms with van der Waals surface area (Å²) in [5.41, 5.74) is -1.98. The number of nitrogens with one attached hydrogen (secondary N) is 1. The topological polar surface area (TPSA) is 51.2 Å². The number of pyridine rings is 1. The van der Waals surface area contributed by atoms with Gasteiger partial charge in [-0.3, -0.25) is 4.79 Å². The number of amides is 1. The van der Waals surface area contributed by atoms with Gasteiger partial charge in [0.2, 0.25) is 5.88 Å². The Kier molecular flexibility index (Phi) is 4.96. The largest absolute Gasteiger partial charge is 0.419 e. The Morgan fingerprint density at radius 3 is 2.42 bits per heavy atom. The van der Waals surface area contributed by atoms with E-state index in [2.05, 4.69) is 15.0 Å². The minimum absolute atomic E-state index is 0.0273. The zero-order chi connectivity index (χ0) is 17.9. The molecule has 1 amide bonds. The van der Waals surface area contributed by atoms with Crippen LogP contribution in [-0.4, -0.2) is 17.5 Å². The number of rotatable bonds is 4. The third-order valence-corrected chi connectivity index (χ3v) is 2.74. The SMILES string of the molecule is O=C(Nc1ccc(OC(F)F)nc1)c1ccc(F)c(C(F)(F)F)c1. The fraction of sp³-hybridized carbons (Fsp3) is 0.143. The molecular formula is C14H8F6N2O2. The van der Waals surface area contributed by atoms with Crippen molar-refractivity contribution in [2.75, 3.05) is 5.32 Å². The quantitative estimate of drug-likeness (QED) is 0.845. The Hall–Kier alpha value is -2.78. The van der Waals surface area contributed by atoms with Crippen LogP contribution in [0.1, 0.15) is 15.9 Å². The zero-order valence-corrected chi connectivity index (χ0v) is 11.6. The van der Waals surface area contributed by atoms with Gasteiger partial charge in [-0.1, -0.05) is 0 Å². The highest BCUT2D eigenvalue weighted by Crippen LogP contribution is 2.32. The number of carbonyl (C=O) groups is 1. The minimum Gasteiger partial charge on any atom is -0.417 e. The number of halogens is 6. The maximum atomic E-state index is 13.2. The van der Waals surface area contributed by atoms with E-state index in [-0.39, 0.29) is 5.69 Å². The minimum atomic E-state index is -4.95. The molecule has 1 heterocycles. The maximum absolute atomic E-state index is 13.2. The van der Waals surface area contributed by atoms with Crippen LogP contribution in [0.15, 0.2) is 36.5 Å². The Labute approximate surface area is 131 Å². The molecular weight excluding hydrogens is 342 g/mol. The standard InChI is InChI=1S/C14H8F6N2O2/c15-10-3-1-7(5-9(10)14(18,19)20)12(23)22-8-2-4-11(21-6-8)24-13(16)17/h1-6,13H,(H,22,23). The van der Waals surface area contributed by atoms with E-state index in [1.54, 1.807) is 0 Å². The van der Waals surface area contributed by atoms with Crippen molar-refractivity contribution in [1.29, 1.82) is 0 Å². The van der Waals surface area contributed by atoms with E-state index in [0.29, 0.717) is 12.1 Å². The number of nitrogens with zero attached hydrogens (tertiary/aromatic N) is 1. The van der Waals surface area contributed by atoms with E-state index in [1.807, 2.05) is 0 Å². The number of benzene rings is 1. The zero-order valence-electron chi connectivity index (χ0n) is 11.6. The third-order valence-electron chi connectivity index (χ3n) is 2.74. The van der Waals surface area contributed by atoms with Gasteiger partial charge in [0.05, 0.1) is 17.4 Å². The van der Waals surface area contributed by atoms with E-state index < -0.39 is 41.5 Å². The second kappa shape index (κ2) is 6.77. The van der Waals surface area contributed by atoms with Crippen molar-refractivity contribution in [3.05, 3.63) is 53.5 Å². The molecule has 2 aromatic rings. The lowest BCUT2D eigenvalue weighted by Crippen LogP contribution is -2.15. The lowest BCUT2D eigenvalue weighted by Gasteiger charge is -2.10. The number of carbonyl (C=O) groups excluding carboxylic acids is 1. The molecule has 0 aliphatic heterocycles. The normalized spacial score (nSPS) is 11.5. The highest BCUT2D eigenvalue weighted by atomic mass is 19.4. The molecule has 1 aromatic carbocycles. The van der Waals surface area contributed by atoms with Crippen molar-refractivity contribution < 1.29 is 35.9 Å². The van der Waals surface area contributed by atoms with E-state index >= 15 is 0 Å². The summed E-state index contributed by atoms with van der Waals surface area (Å²) in [7, 11) is 0. The van der Waals surface area contributed by atoms with Crippen molar-refractivity contribution in [3.63, 3.8) is 0 Å². The van der Waals surface area contributed by atoms with Gasteiger partial charge in [0, 0.05) is 11.6 Å². The molecule has 4 nitrogen and oxygen atoms in total. The van der Waals surface area contributed by atoms with Crippen LogP contribution in [0.3, 0.4) is 0 Å². The summed E-state index contributed by atoms with van der Waals surface area (Å²) < 4.78 is 78.9. The van der Waals surface area contributed by atoms with Gasteiger partial charge < -0.3 is 10.1 Å². The molecule has 0 spiro atoms. The first kappa shape index (κ1) is 17.6. The Bertz CT molecular complexity index is 731. The molecule has 2 rings (SSSR count). The van der Waals surface area contributed by atoms with Crippen LogP contribution >= 0.6 is 0 Å². The van der Waals surface area contributed by atoms with Crippen molar-refractivity contribution in [3.8, 4) is 5.88 Å². The second-order valence-corrected chi connectivity index (χ2v) is 4.41. The average molecular weight is 350 g/mol. The van der Waals surface area contributed by atoms with Gasteiger partial charge in [-0.25, -0.2) is 9.37 Å². The summed E-state index contributed by atoms with van der Waals surface area (Å²) in [6, 6.07) is 3.97. The molecule has 128 valence electrons. The highest BCUT2D eigenvalue weighted by molar-refractivity contribution is 6.04. The number of ether oxygens (including phenoxy) is 1. The summed E-state index contributed by atoms with van der Waals surface area (Å²) in [5.74, 6) is -2.86. The molecule has 0 radical (unpaired) electrons. The van der Waals surface area contributed by atoms with Crippen molar-refractivity contribution >= 4 is 11.6 Å². The average Bonchev–Trinajstić information content (AvgIpc) is 2.48. The number of anilines is 1. The van der Waals surface area contributed by atoms with Gasteiger partial charge in [-0.2, -0.15) is 22.0 Å². The molecule has 24 heavy (non-hydrogen) atoms. The van der Waals surface area contributed by atoms with Gasteiger partial charge in [-0.05, 0) is 24.3 Å². The van der Waals surface area contributed by atoms with Crippen molar-refractivity contribution in [1.82, 2.24) is 4.98 Å². The highest BCUT2D eigenvalue weighted by Gasteiger charge is 2.34.